The Morgan fingerprint density at radius 2 is 1.71 bits per heavy atom. The highest BCUT2D eigenvalue weighted by Gasteiger charge is 2.19. The zero-order valence-electron chi connectivity index (χ0n) is 20.3. The SMILES string of the molecule is CCCCn1cnc2c1c(=O)n(CC(=O)NCc1ccc(OC)c(OC)c1)c(=O)n2CCCC. The highest BCUT2D eigenvalue weighted by molar-refractivity contribution is 5.76. The van der Waals surface area contributed by atoms with E-state index in [0.717, 1.165) is 35.8 Å². The molecule has 0 aliphatic heterocycles. The average molecular weight is 472 g/mol. The Morgan fingerprint density at radius 1 is 1.00 bits per heavy atom. The van der Waals surface area contributed by atoms with Crippen LogP contribution in [-0.4, -0.2) is 38.8 Å². The Kier molecular flexibility index (Phi) is 8.50. The largest absolute Gasteiger partial charge is 0.493 e. The molecule has 0 atom stereocenters. The maximum absolute atomic E-state index is 13.3. The molecule has 0 aliphatic carbocycles. The van der Waals surface area contributed by atoms with Gasteiger partial charge in [0.1, 0.15) is 6.54 Å². The Hall–Kier alpha value is -3.56. The summed E-state index contributed by atoms with van der Waals surface area (Å²) in [5, 5.41) is 2.78. The molecule has 3 rings (SSSR count). The number of nitrogens with zero attached hydrogens (tertiary/aromatic N) is 4. The van der Waals surface area contributed by atoms with Crippen molar-refractivity contribution < 1.29 is 14.3 Å². The second-order valence-corrected chi connectivity index (χ2v) is 8.11. The lowest BCUT2D eigenvalue weighted by Gasteiger charge is -2.13. The summed E-state index contributed by atoms with van der Waals surface area (Å²) in [6.45, 7) is 5.00. The molecular formula is C24H33N5O5. The lowest BCUT2D eigenvalue weighted by atomic mass is 10.2. The van der Waals surface area contributed by atoms with Gasteiger partial charge in [0.25, 0.3) is 5.56 Å². The molecule has 0 saturated carbocycles. The van der Waals surface area contributed by atoms with Gasteiger partial charge < -0.3 is 19.4 Å². The van der Waals surface area contributed by atoms with E-state index in [1.165, 1.54) is 11.7 Å². The Labute approximate surface area is 198 Å². The molecule has 0 radical (unpaired) electrons. The van der Waals surface area contributed by atoms with Crippen LogP contribution in [0.15, 0.2) is 34.1 Å². The van der Waals surface area contributed by atoms with Gasteiger partial charge in [-0.2, -0.15) is 0 Å². The van der Waals surface area contributed by atoms with E-state index < -0.39 is 17.2 Å². The second-order valence-electron chi connectivity index (χ2n) is 8.11. The summed E-state index contributed by atoms with van der Waals surface area (Å²) < 4.78 is 14.8. The van der Waals surface area contributed by atoms with Crippen molar-refractivity contribution in [2.45, 2.75) is 65.7 Å². The van der Waals surface area contributed by atoms with E-state index in [1.54, 1.807) is 30.1 Å². The summed E-state index contributed by atoms with van der Waals surface area (Å²) in [7, 11) is 3.09. The number of rotatable bonds is 12. The third kappa shape index (κ3) is 5.32. The molecule has 0 bridgehead atoms. The normalized spacial score (nSPS) is 11.1. The Balaban J connectivity index is 1.88. The molecule has 0 spiro atoms. The van der Waals surface area contributed by atoms with Crippen LogP contribution in [0, 0.1) is 0 Å². The molecule has 1 N–H and O–H groups in total. The molecule has 2 aromatic heterocycles. The van der Waals surface area contributed by atoms with Crippen molar-refractivity contribution in [1.82, 2.24) is 24.0 Å². The number of benzene rings is 1. The number of unbranched alkanes of at least 4 members (excludes halogenated alkanes) is 2. The van der Waals surface area contributed by atoms with E-state index in [0.29, 0.717) is 35.8 Å². The molecule has 0 fully saturated rings. The number of methoxy groups -OCH3 is 2. The van der Waals surface area contributed by atoms with Gasteiger partial charge in [0.2, 0.25) is 5.91 Å². The number of hydrogen-bond acceptors (Lipinski definition) is 6. The lowest BCUT2D eigenvalue weighted by Crippen LogP contribution is -2.44. The van der Waals surface area contributed by atoms with E-state index in [-0.39, 0.29) is 13.1 Å². The molecule has 10 nitrogen and oxygen atoms in total. The monoisotopic (exact) mass is 471 g/mol. The quantitative estimate of drug-likeness (QED) is 0.434. The van der Waals surface area contributed by atoms with Gasteiger partial charge in [0, 0.05) is 19.6 Å². The minimum Gasteiger partial charge on any atom is -0.493 e. The van der Waals surface area contributed by atoms with Crippen molar-refractivity contribution in [3.8, 4) is 11.5 Å². The maximum atomic E-state index is 13.3. The van der Waals surface area contributed by atoms with E-state index in [2.05, 4.69) is 17.2 Å². The molecule has 3 aromatic rings. The van der Waals surface area contributed by atoms with Gasteiger partial charge in [-0.15, -0.1) is 0 Å². The molecule has 1 amide bonds. The van der Waals surface area contributed by atoms with E-state index >= 15 is 0 Å². The average Bonchev–Trinajstić information content (AvgIpc) is 3.27. The molecule has 1 aromatic carbocycles. The topological polar surface area (TPSA) is 109 Å². The summed E-state index contributed by atoms with van der Waals surface area (Å²) >= 11 is 0. The maximum Gasteiger partial charge on any atom is 0.333 e. The van der Waals surface area contributed by atoms with Gasteiger partial charge in [-0.1, -0.05) is 32.8 Å². The minimum atomic E-state index is -0.520. The number of ether oxygens (including phenoxy) is 2. The van der Waals surface area contributed by atoms with Gasteiger partial charge in [0.15, 0.2) is 22.7 Å². The van der Waals surface area contributed by atoms with Gasteiger partial charge in [-0.3, -0.25) is 14.2 Å². The second kappa shape index (κ2) is 11.5. The van der Waals surface area contributed by atoms with Crippen LogP contribution in [0.4, 0.5) is 0 Å². The summed E-state index contributed by atoms with van der Waals surface area (Å²) in [5.74, 6) is 0.704. The van der Waals surface area contributed by atoms with Crippen molar-refractivity contribution in [3.63, 3.8) is 0 Å². The van der Waals surface area contributed by atoms with Gasteiger partial charge >= 0.3 is 5.69 Å². The molecule has 0 saturated heterocycles. The smallest absolute Gasteiger partial charge is 0.333 e. The number of aromatic nitrogens is 4. The fraction of sp³-hybridized carbons (Fsp3) is 0.500. The molecule has 184 valence electrons. The fourth-order valence-corrected chi connectivity index (χ4v) is 3.78. The number of carbonyl (C=O) groups excluding carboxylic acids is 1. The molecule has 0 unspecified atom stereocenters. The first-order chi connectivity index (χ1) is 16.4. The first kappa shape index (κ1) is 25.1. The first-order valence-corrected chi connectivity index (χ1v) is 11.6. The van der Waals surface area contributed by atoms with E-state index in [9.17, 15) is 14.4 Å². The summed E-state index contributed by atoms with van der Waals surface area (Å²) in [6.07, 6.45) is 5.09. The predicted molar refractivity (Wildman–Crippen MR) is 129 cm³/mol. The van der Waals surface area contributed by atoms with Crippen LogP contribution in [0.2, 0.25) is 0 Å². The zero-order chi connectivity index (χ0) is 24.7. The number of carbonyl (C=O) groups is 1. The number of fused-ring (bicyclic) bond motifs is 1. The van der Waals surface area contributed by atoms with Crippen molar-refractivity contribution in [3.05, 3.63) is 50.9 Å². The first-order valence-electron chi connectivity index (χ1n) is 11.6. The van der Waals surface area contributed by atoms with Crippen LogP contribution < -0.4 is 26.0 Å². The predicted octanol–water partition coefficient (Wildman–Crippen LogP) is 2.29. The minimum absolute atomic E-state index is 0.217. The number of imidazole rings is 1. The number of aryl methyl sites for hydroxylation is 2. The van der Waals surface area contributed by atoms with E-state index in [4.69, 9.17) is 9.47 Å². The van der Waals surface area contributed by atoms with Gasteiger partial charge in [-0.25, -0.2) is 14.3 Å². The van der Waals surface area contributed by atoms with Crippen LogP contribution in [-0.2, 0) is 31.0 Å². The molecule has 34 heavy (non-hydrogen) atoms. The summed E-state index contributed by atoms with van der Waals surface area (Å²) in [4.78, 5) is 43.5. The number of nitrogens with one attached hydrogen (secondary N) is 1. The third-order valence-corrected chi connectivity index (χ3v) is 5.71. The number of hydrogen-bond donors (Lipinski definition) is 1. The van der Waals surface area contributed by atoms with Crippen molar-refractivity contribution in [2.24, 2.45) is 0 Å². The van der Waals surface area contributed by atoms with Crippen molar-refractivity contribution in [1.29, 1.82) is 0 Å². The zero-order valence-corrected chi connectivity index (χ0v) is 20.3. The summed E-state index contributed by atoms with van der Waals surface area (Å²) in [6, 6.07) is 5.33. The lowest BCUT2D eigenvalue weighted by molar-refractivity contribution is -0.121. The van der Waals surface area contributed by atoms with Crippen LogP contribution in [0.1, 0.15) is 45.1 Å². The van der Waals surface area contributed by atoms with Gasteiger partial charge in [-0.05, 0) is 30.5 Å². The van der Waals surface area contributed by atoms with Crippen molar-refractivity contribution in [2.75, 3.05) is 14.2 Å². The van der Waals surface area contributed by atoms with Crippen LogP contribution in [0.3, 0.4) is 0 Å². The molecule has 0 aliphatic rings. The highest BCUT2D eigenvalue weighted by atomic mass is 16.5. The van der Waals surface area contributed by atoms with Crippen molar-refractivity contribution >= 4 is 17.1 Å². The Bertz CT molecular complexity index is 1260. The van der Waals surface area contributed by atoms with Crippen LogP contribution in [0.5, 0.6) is 11.5 Å². The third-order valence-electron chi connectivity index (χ3n) is 5.71. The summed E-state index contributed by atoms with van der Waals surface area (Å²) in [5.41, 5.74) is 0.515. The molecular weight excluding hydrogens is 438 g/mol. The van der Waals surface area contributed by atoms with Gasteiger partial charge in [0.05, 0.1) is 20.5 Å². The van der Waals surface area contributed by atoms with E-state index in [1.807, 2.05) is 13.0 Å². The Morgan fingerprint density at radius 3 is 2.38 bits per heavy atom. The van der Waals surface area contributed by atoms with Crippen LogP contribution >= 0.6 is 0 Å². The highest BCUT2D eigenvalue weighted by Crippen LogP contribution is 2.27. The standard InChI is InChI=1S/C24H33N5O5/c1-5-7-11-27-16-26-22-21(27)23(31)29(24(32)28(22)12-8-6-2)15-20(30)25-14-17-9-10-18(33-3)19(13-17)34-4/h9-10,13,16H,5-8,11-12,14-15H2,1-4H3,(H,25,30). The number of amides is 1. The molecule has 2 heterocycles. The van der Waals surface area contributed by atoms with Crippen LogP contribution in [0.25, 0.3) is 11.2 Å². The molecule has 10 heteroatoms. The fourth-order valence-electron chi connectivity index (χ4n) is 3.78.